The van der Waals surface area contributed by atoms with Gasteiger partial charge in [-0.3, -0.25) is 0 Å². The second-order valence-corrected chi connectivity index (χ2v) is 9.43. The zero-order valence-corrected chi connectivity index (χ0v) is 16.3. The van der Waals surface area contributed by atoms with Gasteiger partial charge in [0.1, 0.15) is 18.3 Å². The minimum absolute atomic E-state index is 0.0757. The highest BCUT2D eigenvalue weighted by Crippen LogP contribution is 2.57. The molecule has 0 aliphatic carbocycles. The van der Waals surface area contributed by atoms with E-state index in [9.17, 15) is 0 Å². The Morgan fingerprint density at radius 3 is 2.83 bits per heavy atom. The molecule has 7 heteroatoms. The van der Waals surface area contributed by atoms with Gasteiger partial charge < -0.3 is 18.6 Å². The summed E-state index contributed by atoms with van der Waals surface area (Å²) in [6.07, 6.45) is -0.327. The van der Waals surface area contributed by atoms with Gasteiger partial charge in [-0.25, -0.2) is 11.2 Å². The molecule has 2 heterocycles. The lowest BCUT2D eigenvalue weighted by atomic mass is 9.97. The normalized spacial score (nSPS) is 38.9. The first-order chi connectivity index (χ1) is 11.8. The number of ether oxygens (including phenoxy) is 1. The smallest absolute Gasteiger partial charge is 0.259 e. The predicted octanol–water partition coefficient (Wildman–Crippen LogP) is 3.95. The molecule has 0 aromatic heterocycles. The van der Waals surface area contributed by atoms with E-state index < -0.39 is 20.7 Å². The summed E-state index contributed by atoms with van der Waals surface area (Å²) >= 11 is 1.68. The first-order valence-electron chi connectivity index (χ1n) is 9.33. The minimum atomic E-state index is -1.38. The molecule has 0 spiro atoms. The molecule has 0 N–H and O–H groups in total. The molecule has 2 aliphatic rings. The Balaban J connectivity index is 2.22. The fourth-order valence-corrected chi connectivity index (χ4v) is 6.25. The number of rotatable bonds is 8. The topological polar surface area (TPSA) is 35.3 Å². The predicted molar refractivity (Wildman–Crippen MR) is 96.5 cm³/mol. The first kappa shape index (κ1) is 16.6. The second-order valence-electron chi connectivity index (χ2n) is 6.50. The van der Waals surface area contributed by atoms with Gasteiger partial charge in [0.15, 0.2) is 0 Å². The molecule has 2 bridgehead atoms. The Labute approximate surface area is 149 Å². The molecule has 0 amide bonds. The summed E-state index contributed by atoms with van der Waals surface area (Å²) in [5, 5.41) is 0.0178. The second kappa shape index (κ2) is 7.99. The quantitative estimate of drug-likeness (QED) is 0.371. The van der Waals surface area contributed by atoms with Crippen molar-refractivity contribution in [3.8, 4) is 0 Å². The molecule has 2 aliphatic heterocycles. The van der Waals surface area contributed by atoms with Gasteiger partial charge in [0, 0.05) is 18.7 Å². The van der Waals surface area contributed by atoms with E-state index in [0.717, 1.165) is 0 Å². The summed E-state index contributed by atoms with van der Waals surface area (Å²) in [6.45, 7) is 17.4. The van der Waals surface area contributed by atoms with Crippen LogP contribution in [0.1, 0.15) is 44.3 Å². The minimum Gasteiger partial charge on any atom is -0.370 e. The molecule has 1 unspecified atom stereocenters. The van der Waals surface area contributed by atoms with E-state index in [0.29, 0.717) is 13.2 Å². The third-order valence-electron chi connectivity index (χ3n) is 4.11. The van der Waals surface area contributed by atoms with E-state index in [4.69, 9.17) is 23.1 Å². The fraction of sp³-hybridized carbons (Fsp3) is 0.938. The molecule has 6 atom stereocenters. The molecule has 2 rings (SSSR count). The van der Waals surface area contributed by atoms with Crippen molar-refractivity contribution in [1.82, 2.24) is 4.67 Å². The Morgan fingerprint density at radius 2 is 2.26 bits per heavy atom. The molecule has 5 nitrogen and oxygen atoms in total. The SMILES string of the molecule is [2H]C[C@]12O[C@@H]([3H])[C@H](S[C@@H]1C)[C@@H]2OP(OCC[N+]#[C-])N(C(C)C)C(C)C. The molecule has 0 aromatic rings. The zero-order chi connectivity index (χ0) is 18.8. The molecule has 0 aromatic carbocycles. The number of fused-ring (bicyclic) bond motifs is 2. The molecule has 132 valence electrons. The lowest BCUT2D eigenvalue weighted by molar-refractivity contribution is -0.0341. The standard InChI is InChI=1S/C16H29N2O3PS/c1-11(2)18(12(3)4)22(20-9-8-17-7)21-15-14-10-19-16(15,6)13(5)23-14/h11-15H,8-10H2,1-6H3/t13-,14+,15+,16+,22?/m1/s1/i6D,10T/t10-,13+,14-,15-,16-,22?/m0. The average Bonchev–Trinajstić information content (AvgIpc) is 2.94. The Hall–Kier alpha value is 0.110. The van der Waals surface area contributed by atoms with Crippen LogP contribution in [0.25, 0.3) is 4.85 Å². The van der Waals surface area contributed by atoms with Gasteiger partial charge in [-0.1, -0.05) is 6.92 Å². The van der Waals surface area contributed by atoms with E-state index >= 15 is 0 Å². The first-order valence-corrected chi connectivity index (χ1v) is 10.1. The van der Waals surface area contributed by atoms with Crippen molar-refractivity contribution in [3.63, 3.8) is 0 Å². The van der Waals surface area contributed by atoms with Crippen LogP contribution in [0.4, 0.5) is 0 Å². The summed E-state index contributed by atoms with van der Waals surface area (Å²) in [4.78, 5) is 3.36. The van der Waals surface area contributed by atoms with Crippen molar-refractivity contribution in [2.75, 3.05) is 19.7 Å². The Bertz CT molecular complexity index is 488. The van der Waals surface area contributed by atoms with Gasteiger partial charge in [-0.15, -0.1) is 11.8 Å². The monoisotopic (exact) mass is 363 g/mol. The van der Waals surface area contributed by atoms with Crippen molar-refractivity contribution in [2.24, 2.45) is 0 Å². The van der Waals surface area contributed by atoms with E-state index in [1.807, 2.05) is 6.92 Å². The molecular formula is C16H29N2O3PS. The van der Waals surface area contributed by atoms with Crippen molar-refractivity contribution >= 4 is 20.3 Å². The molecule has 2 fully saturated rings. The van der Waals surface area contributed by atoms with Crippen LogP contribution in [0.5, 0.6) is 0 Å². The number of hydrogen-bond donors (Lipinski definition) is 0. The van der Waals surface area contributed by atoms with E-state index in [-0.39, 0.29) is 35.6 Å². The summed E-state index contributed by atoms with van der Waals surface area (Å²) in [5.41, 5.74) is -0.745. The van der Waals surface area contributed by atoms with Crippen LogP contribution >= 0.6 is 20.3 Å². The zero-order valence-electron chi connectivity index (χ0n) is 16.6. The van der Waals surface area contributed by atoms with Crippen molar-refractivity contribution in [3.05, 3.63) is 11.4 Å². The van der Waals surface area contributed by atoms with Gasteiger partial charge in [-0.05, 0) is 34.6 Å². The number of thioether (sulfide) groups is 1. The van der Waals surface area contributed by atoms with Gasteiger partial charge in [0.25, 0.3) is 8.53 Å². The highest BCUT2D eigenvalue weighted by Gasteiger charge is 2.59. The van der Waals surface area contributed by atoms with Crippen LogP contribution in [0.3, 0.4) is 0 Å². The molecular weight excluding hydrogens is 331 g/mol. The van der Waals surface area contributed by atoms with Gasteiger partial charge in [0.2, 0.25) is 6.54 Å². The maximum Gasteiger partial charge on any atom is 0.259 e. The van der Waals surface area contributed by atoms with E-state index in [1.54, 1.807) is 11.8 Å². The molecule has 23 heavy (non-hydrogen) atoms. The third kappa shape index (κ3) is 4.03. The van der Waals surface area contributed by atoms with Gasteiger partial charge in [0.05, 0.1) is 13.2 Å². The fourth-order valence-electron chi connectivity index (χ4n) is 2.93. The highest BCUT2D eigenvalue weighted by atomic mass is 32.2. The lowest BCUT2D eigenvalue weighted by Gasteiger charge is -2.38. The maximum absolute atomic E-state index is 8.16. The summed E-state index contributed by atoms with van der Waals surface area (Å²) in [6, 6.07) is 0.450. The maximum atomic E-state index is 8.16. The van der Waals surface area contributed by atoms with Crippen molar-refractivity contribution in [2.45, 2.75) is 75.8 Å². The van der Waals surface area contributed by atoms with Crippen LogP contribution in [-0.2, 0) is 13.8 Å². The van der Waals surface area contributed by atoms with E-state index in [2.05, 4.69) is 37.2 Å². The lowest BCUT2D eigenvalue weighted by Crippen LogP contribution is -2.43. The summed E-state index contributed by atoms with van der Waals surface area (Å²) < 4.78 is 36.7. The van der Waals surface area contributed by atoms with Crippen LogP contribution in [-0.4, -0.2) is 58.7 Å². The molecule has 0 saturated carbocycles. The van der Waals surface area contributed by atoms with Crippen molar-refractivity contribution in [1.29, 1.82) is 0 Å². The summed E-state index contributed by atoms with van der Waals surface area (Å²) in [5.74, 6) is 0. The molecule has 2 saturated heterocycles. The summed E-state index contributed by atoms with van der Waals surface area (Å²) in [7, 11) is -1.38. The Kier molecular flexibility index (Phi) is 5.76. The van der Waals surface area contributed by atoms with Crippen molar-refractivity contribution < 1.29 is 16.5 Å². The number of hydrogen-bond acceptors (Lipinski definition) is 5. The Morgan fingerprint density at radius 1 is 1.57 bits per heavy atom. The van der Waals surface area contributed by atoms with Crippen LogP contribution in [0.15, 0.2) is 0 Å². The van der Waals surface area contributed by atoms with Gasteiger partial charge in [-0.2, -0.15) is 0 Å². The van der Waals surface area contributed by atoms with Gasteiger partial charge >= 0.3 is 0 Å². The van der Waals surface area contributed by atoms with Crippen LogP contribution < -0.4 is 0 Å². The highest BCUT2D eigenvalue weighted by molar-refractivity contribution is 8.01. The van der Waals surface area contributed by atoms with E-state index in [1.165, 1.54) is 0 Å². The number of nitrogens with zero attached hydrogens (tertiary/aromatic N) is 2. The van der Waals surface area contributed by atoms with Crippen LogP contribution in [0, 0.1) is 6.57 Å². The molecule has 0 radical (unpaired) electrons. The average molecular weight is 363 g/mol. The largest absolute Gasteiger partial charge is 0.370 e. The van der Waals surface area contributed by atoms with Crippen LogP contribution in [0.2, 0.25) is 0 Å². The third-order valence-corrected chi connectivity index (χ3v) is 7.70.